The first-order valence-electron chi connectivity index (χ1n) is 9.33. The number of sulfonamides is 1. The summed E-state index contributed by atoms with van der Waals surface area (Å²) in [7, 11) is -0.587. The van der Waals surface area contributed by atoms with Gasteiger partial charge in [-0.1, -0.05) is 15.9 Å². The molecule has 0 unspecified atom stereocenters. The highest BCUT2D eigenvalue weighted by Gasteiger charge is 2.23. The number of anilines is 1. The molecule has 0 heterocycles. The number of amides is 2. The Balaban J connectivity index is 2.06. The highest BCUT2D eigenvalue weighted by Crippen LogP contribution is 2.20. The molecule has 0 atom stereocenters. The molecule has 0 bridgehead atoms. The lowest BCUT2D eigenvalue weighted by molar-refractivity contribution is -0.116. The maximum absolute atomic E-state index is 12.6. The number of rotatable bonds is 7. The van der Waals surface area contributed by atoms with Crippen LogP contribution in [0.5, 0.6) is 0 Å². The second kappa shape index (κ2) is 9.72. The van der Waals surface area contributed by atoms with Crippen LogP contribution in [0.1, 0.15) is 29.8 Å². The normalized spacial score (nSPS) is 11.6. The fraction of sp³-hybridized carbons (Fsp3) is 0.333. The molecule has 0 aliphatic carbocycles. The standard InChI is InChI=1S/C21H26BrN3O4S/c1-14(2)25(5)30(28,29)18-9-6-16(7-10-18)21(27)24(4)13-20(26)23-19-11-8-17(22)12-15(19)3/h6-12,14H,13H2,1-5H3,(H,23,26). The van der Waals surface area contributed by atoms with E-state index < -0.39 is 10.0 Å². The molecule has 1 N–H and O–H groups in total. The van der Waals surface area contributed by atoms with Crippen molar-refractivity contribution in [3.8, 4) is 0 Å². The van der Waals surface area contributed by atoms with Gasteiger partial charge in [0.15, 0.2) is 0 Å². The summed E-state index contributed by atoms with van der Waals surface area (Å²) in [6, 6.07) is 11.0. The van der Waals surface area contributed by atoms with E-state index in [1.165, 1.54) is 47.6 Å². The van der Waals surface area contributed by atoms with E-state index in [1.807, 2.05) is 19.1 Å². The Hall–Kier alpha value is -2.23. The van der Waals surface area contributed by atoms with Gasteiger partial charge in [0.2, 0.25) is 15.9 Å². The Bertz CT molecular complexity index is 1040. The minimum Gasteiger partial charge on any atom is -0.332 e. The van der Waals surface area contributed by atoms with E-state index >= 15 is 0 Å². The SMILES string of the molecule is Cc1cc(Br)ccc1NC(=O)CN(C)C(=O)c1ccc(S(=O)(=O)N(C)C(C)C)cc1. The molecule has 2 amide bonds. The molecule has 9 heteroatoms. The third-order valence-corrected chi connectivity index (χ3v) is 7.24. The molecule has 0 spiro atoms. The van der Waals surface area contributed by atoms with Crippen molar-refractivity contribution < 1.29 is 18.0 Å². The van der Waals surface area contributed by atoms with Crippen molar-refractivity contribution in [2.75, 3.05) is 26.0 Å². The molecule has 0 radical (unpaired) electrons. The molecule has 0 aromatic heterocycles. The second-order valence-electron chi connectivity index (χ2n) is 7.31. The number of carbonyl (C=O) groups is 2. The van der Waals surface area contributed by atoms with Crippen molar-refractivity contribution in [2.24, 2.45) is 0 Å². The number of carbonyl (C=O) groups excluding carboxylic acids is 2. The Morgan fingerprint density at radius 1 is 1.07 bits per heavy atom. The predicted octanol–water partition coefficient (Wildman–Crippen LogP) is 3.50. The van der Waals surface area contributed by atoms with Crippen LogP contribution in [-0.4, -0.2) is 56.1 Å². The second-order valence-corrected chi connectivity index (χ2v) is 10.2. The molecular formula is C21H26BrN3O4S. The van der Waals surface area contributed by atoms with Gasteiger partial charge in [-0.15, -0.1) is 0 Å². The van der Waals surface area contributed by atoms with Crippen LogP contribution in [0.15, 0.2) is 51.8 Å². The largest absolute Gasteiger partial charge is 0.332 e. The Morgan fingerprint density at radius 2 is 1.67 bits per heavy atom. The monoisotopic (exact) mass is 495 g/mol. The Labute approximate surface area is 186 Å². The molecule has 30 heavy (non-hydrogen) atoms. The topological polar surface area (TPSA) is 86.8 Å². The average molecular weight is 496 g/mol. The van der Waals surface area contributed by atoms with E-state index in [2.05, 4.69) is 21.2 Å². The van der Waals surface area contributed by atoms with Gasteiger partial charge in [0.25, 0.3) is 5.91 Å². The summed E-state index contributed by atoms with van der Waals surface area (Å²) in [5.74, 6) is -0.701. The van der Waals surface area contributed by atoms with Crippen molar-refractivity contribution in [2.45, 2.75) is 31.7 Å². The number of halogens is 1. The number of likely N-dealkylation sites (N-methyl/N-ethyl adjacent to an activating group) is 1. The van der Waals surface area contributed by atoms with E-state index in [4.69, 9.17) is 0 Å². The van der Waals surface area contributed by atoms with Crippen molar-refractivity contribution >= 4 is 43.5 Å². The maximum atomic E-state index is 12.6. The molecule has 162 valence electrons. The molecular weight excluding hydrogens is 470 g/mol. The van der Waals surface area contributed by atoms with Crippen LogP contribution in [0, 0.1) is 6.92 Å². The lowest BCUT2D eigenvalue weighted by atomic mass is 10.2. The van der Waals surface area contributed by atoms with E-state index in [9.17, 15) is 18.0 Å². The van der Waals surface area contributed by atoms with Crippen molar-refractivity contribution in [1.82, 2.24) is 9.21 Å². The fourth-order valence-electron chi connectivity index (χ4n) is 2.68. The maximum Gasteiger partial charge on any atom is 0.254 e. The summed E-state index contributed by atoms with van der Waals surface area (Å²) in [5, 5.41) is 2.79. The van der Waals surface area contributed by atoms with Crippen LogP contribution >= 0.6 is 15.9 Å². The molecule has 0 saturated carbocycles. The van der Waals surface area contributed by atoms with Crippen LogP contribution in [0.2, 0.25) is 0 Å². The molecule has 0 fully saturated rings. The minimum atomic E-state index is -3.62. The first kappa shape index (κ1) is 24.0. The smallest absolute Gasteiger partial charge is 0.254 e. The first-order chi connectivity index (χ1) is 13.9. The predicted molar refractivity (Wildman–Crippen MR) is 121 cm³/mol. The number of benzene rings is 2. The molecule has 2 rings (SSSR count). The zero-order valence-electron chi connectivity index (χ0n) is 17.6. The van der Waals surface area contributed by atoms with Crippen LogP contribution in [0.25, 0.3) is 0 Å². The van der Waals surface area contributed by atoms with Crippen molar-refractivity contribution in [1.29, 1.82) is 0 Å². The van der Waals surface area contributed by atoms with Gasteiger partial charge in [0, 0.05) is 35.9 Å². The highest BCUT2D eigenvalue weighted by molar-refractivity contribution is 9.10. The number of nitrogens with one attached hydrogen (secondary N) is 1. The summed E-state index contributed by atoms with van der Waals surface area (Å²) in [6.07, 6.45) is 0. The van der Waals surface area contributed by atoms with Gasteiger partial charge < -0.3 is 10.2 Å². The quantitative estimate of drug-likeness (QED) is 0.636. The summed E-state index contributed by atoms with van der Waals surface area (Å²) in [4.78, 5) is 26.3. The van der Waals surface area contributed by atoms with E-state index in [0.717, 1.165) is 10.0 Å². The number of hydrogen-bond acceptors (Lipinski definition) is 4. The van der Waals surface area contributed by atoms with E-state index in [0.29, 0.717) is 11.3 Å². The highest BCUT2D eigenvalue weighted by atomic mass is 79.9. The van der Waals surface area contributed by atoms with Crippen LogP contribution in [0.3, 0.4) is 0 Å². The third-order valence-electron chi connectivity index (χ3n) is 4.70. The van der Waals surface area contributed by atoms with Crippen molar-refractivity contribution in [3.63, 3.8) is 0 Å². The zero-order valence-corrected chi connectivity index (χ0v) is 20.0. The molecule has 0 aliphatic heterocycles. The molecule has 2 aromatic rings. The Kier molecular flexibility index (Phi) is 7.79. The van der Waals surface area contributed by atoms with Crippen LogP contribution in [0.4, 0.5) is 5.69 Å². The van der Waals surface area contributed by atoms with Gasteiger partial charge in [-0.2, -0.15) is 4.31 Å². The van der Waals surface area contributed by atoms with Gasteiger partial charge in [0.1, 0.15) is 0 Å². The summed E-state index contributed by atoms with van der Waals surface area (Å²) in [6.45, 7) is 5.31. The third kappa shape index (κ3) is 5.68. The van der Waals surface area contributed by atoms with E-state index in [-0.39, 0.29) is 29.3 Å². The van der Waals surface area contributed by atoms with Gasteiger partial charge in [-0.3, -0.25) is 9.59 Å². The molecule has 0 saturated heterocycles. The Morgan fingerprint density at radius 3 is 2.20 bits per heavy atom. The van der Waals surface area contributed by atoms with Crippen LogP contribution < -0.4 is 5.32 Å². The molecule has 0 aliphatic rings. The number of hydrogen-bond donors (Lipinski definition) is 1. The molecule has 7 nitrogen and oxygen atoms in total. The van der Waals surface area contributed by atoms with Gasteiger partial charge in [-0.05, 0) is 68.8 Å². The zero-order chi connectivity index (χ0) is 22.6. The summed E-state index contributed by atoms with van der Waals surface area (Å²) in [5.41, 5.74) is 1.87. The summed E-state index contributed by atoms with van der Waals surface area (Å²) < 4.78 is 27.2. The summed E-state index contributed by atoms with van der Waals surface area (Å²) >= 11 is 3.37. The fourth-order valence-corrected chi connectivity index (χ4v) is 4.52. The van der Waals surface area contributed by atoms with Gasteiger partial charge >= 0.3 is 0 Å². The van der Waals surface area contributed by atoms with Gasteiger partial charge in [-0.25, -0.2) is 8.42 Å². The average Bonchev–Trinajstić information content (AvgIpc) is 2.68. The van der Waals surface area contributed by atoms with Crippen molar-refractivity contribution in [3.05, 3.63) is 58.1 Å². The molecule has 2 aromatic carbocycles. The van der Waals surface area contributed by atoms with E-state index in [1.54, 1.807) is 19.9 Å². The van der Waals surface area contributed by atoms with Gasteiger partial charge in [0.05, 0.1) is 11.4 Å². The lowest BCUT2D eigenvalue weighted by Crippen LogP contribution is -2.35. The minimum absolute atomic E-state index is 0.112. The number of aryl methyl sites for hydroxylation is 1. The lowest BCUT2D eigenvalue weighted by Gasteiger charge is -2.21. The first-order valence-corrected chi connectivity index (χ1v) is 11.6. The van der Waals surface area contributed by atoms with Crippen LogP contribution in [-0.2, 0) is 14.8 Å². The number of nitrogens with zero attached hydrogens (tertiary/aromatic N) is 2.